The van der Waals surface area contributed by atoms with Crippen LogP contribution in [0.25, 0.3) is 0 Å². The van der Waals surface area contributed by atoms with Gasteiger partial charge in [0.25, 0.3) is 0 Å². The van der Waals surface area contributed by atoms with Crippen molar-refractivity contribution in [1.82, 2.24) is 4.90 Å². The Morgan fingerprint density at radius 1 is 1.41 bits per heavy atom. The minimum Gasteiger partial charge on any atom is -0.345 e. The minimum absolute atomic E-state index is 0.00851. The average Bonchev–Trinajstić information content (AvgIpc) is 2.38. The van der Waals surface area contributed by atoms with Crippen molar-refractivity contribution in [3.63, 3.8) is 0 Å². The molecule has 0 heterocycles. The Balaban J connectivity index is 2.30. The Bertz CT molecular complexity index is 276. The average molecular weight is 236 g/mol. The highest BCUT2D eigenvalue weighted by Gasteiger charge is 2.21. The van der Waals surface area contributed by atoms with Gasteiger partial charge in [0.05, 0.1) is 6.07 Å². The van der Waals surface area contributed by atoms with E-state index in [9.17, 15) is 4.79 Å². The van der Waals surface area contributed by atoms with Crippen molar-refractivity contribution >= 4 is 5.91 Å². The molecule has 1 fully saturated rings. The molecule has 3 heteroatoms. The molecule has 1 unspecified atom stereocenters. The van der Waals surface area contributed by atoms with Gasteiger partial charge in [-0.2, -0.15) is 5.26 Å². The Morgan fingerprint density at radius 3 is 2.59 bits per heavy atom. The second-order valence-corrected chi connectivity index (χ2v) is 5.14. The lowest BCUT2D eigenvalue weighted by Crippen LogP contribution is -2.33. The van der Waals surface area contributed by atoms with E-state index < -0.39 is 5.92 Å². The van der Waals surface area contributed by atoms with Crippen LogP contribution in [-0.4, -0.2) is 24.4 Å². The van der Waals surface area contributed by atoms with Crippen molar-refractivity contribution in [3.05, 3.63) is 0 Å². The number of nitrogens with zero attached hydrogens (tertiary/aromatic N) is 2. The molecule has 1 aliphatic rings. The summed E-state index contributed by atoms with van der Waals surface area (Å²) in [4.78, 5) is 13.6. The van der Waals surface area contributed by atoms with Crippen LogP contribution in [-0.2, 0) is 4.79 Å². The first kappa shape index (κ1) is 14.0. The number of carbonyl (C=O) groups excluding carboxylic acids is 1. The van der Waals surface area contributed by atoms with Crippen LogP contribution in [0.4, 0.5) is 0 Å². The summed E-state index contributed by atoms with van der Waals surface area (Å²) >= 11 is 0. The molecule has 17 heavy (non-hydrogen) atoms. The molecule has 0 aromatic rings. The molecule has 0 aromatic heterocycles. The first-order valence-electron chi connectivity index (χ1n) is 6.83. The molecule has 3 nitrogen and oxygen atoms in total. The van der Waals surface area contributed by atoms with E-state index in [1.807, 2.05) is 14.0 Å². The van der Waals surface area contributed by atoms with E-state index in [2.05, 4.69) is 6.07 Å². The van der Waals surface area contributed by atoms with E-state index >= 15 is 0 Å². The fourth-order valence-corrected chi connectivity index (χ4v) is 2.55. The number of rotatable bonds is 5. The normalized spacial score (nSPS) is 18.4. The van der Waals surface area contributed by atoms with E-state index in [-0.39, 0.29) is 5.91 Å². The SMILES string of the molecule is CCC(C#N)C(=O)N(C)CCC1CCCCC1. The van der Waals surface area contributed by atoms with Crippen molar-refractivity contribution in [2.75, 3.05) is 13.6 Å². The highest BCUT2D eigenvalue weighted by atomic mass is 16.2. The zero-order valence-corrected chi connectivity index (χ0v) is 11.1. The fraction of sp³-hybridized carbons (Fsp3) is 0.857. The largest absolute Gasteiger partial charge is 0.345 e. The molecule has 1 aliphatic carbocycles. The predicted octanol–water partition coefficient (Wildman–Crippen LogP) is 2.96. The van der Waals surface area contributed by atoms with Crippen molar-refractivity contribution in [2.45, 2.75) is 51.9 Å². The highest BCUT2D eigenvalue weighted by molar-refractivity contribution is 5.80. The van der Waals surface area contributed by atoms with Crippen LogP contribution in [0, 0.1) is 23.2 Å². The molecule has 0 saturated heterocycles. The number of amides is 1. The number of nitriles is 1. The summed E-state index contributed by atoms with van der Waals surface area (Å²) in [6, 6.07) is 2.08. The van der Waals surface area contributed by atoms with E-state index in [1.165, 1.54) is 32.1 Å². The number of hydrogen-bond donors (Lipinski definition) is 0. The molecule has 1 atom stereocenters. The molecule has 1 rings (SSSR count). The minimum atomic E-state index is -0.452. The van der Waals surface area contributed by atoms with Crippen molar-refractivity contribution < 1.29 is 4.79 Å². The summed E-state index contributed by atoms with van der Waals surface area (Å²) in [5.41, 5.74) is 0. The summed E-state index contributed by atoms with van der Waals surface area (Å²) in [6.07, 6.45) is 8.41. The summed E-state index contributed by atoms with van der Waals surface area (Å²) in [5.74, 6) is 0.332. The molecule has 96 valence electrons. The quantitative estimate of drug-likeness (QED) is 0.736. The van der Waals surface area contributed by atoms with Gasteiger partial charge in [0.15, 0.2) is 0 Å². The van der Waals surface area contributed by atoms with E-state index in [1.54, 1.807) is 4.90 Å². The van der Waals surface area contributed by atoms with Crippen LogP contribution in [0.2, 0.25) is 0 Å². The second-order valence-electron chi connectivity index (χ2n) is 5.14. The molecular formula is C14H24N2O. The maximum atomic E-state index is 11.9. The van der Waals surface area contributed by atoms with Gasteiger partial charge in [-0.15, -0.1) is 0 Å². The lowest BCUT2D eigenvalue weighted by molar-refractivity contribution is -0.132. The van der Waals surface area contributed by atoms with E-state index in [0.29, 0.717) is 6.42 Å². The maximum Gasteiger partial charge on any atom is 0.239 e. The summed E-state index contributed by atoms with van der Waals surface area (Å²) in [6.45, 7) is 2.70. The standard InChI is InChI=1S/C14H24N2O/c1-3-13(11-15)14(17)16(2)10-9-12-7-5-4-6-8-12/h12-13H,3-10H2,1-2H3. The lowest BCUT2D eigenvalue weighted by Gasteiger charge is -2.25. The third kappa shape index (κ3) is 4.38. The Kier molecular flexibility index (Phi) is 6.04. The first-order valence-corrected chi connectivity index (χ1v) is 6.83. The smallest absolute Gasteiger partial charge is 0.239 e. The molecular weight excluding hydrogens is 212 g/mol. The summed E-state index contributed by atoms with van der Waals surface area (Å²) < 4.78 is 0. The molecule has 1 saturated carbocycles. The fourth-order valence-electron chi connectivity index (χ4n) is 2.55. The summed E-state index contributed by atoms with van der Waals surface area (Å²) in [7, 11) is 1.82. The zero-order valence-electron chi connectivity index (χ0n) is 11.1. The monoisotopic (exact) mass is 236 g/mol. The number of hydrogen-bond acceptors (Lipinski definition) is 2. The molecule has 0 bridgehead atoms. The van der Waals surface area contributed by atoms with Gasteiger partial charge in [0.2, 0.25) is 5.91 Å². The van der Waals surface area contributed by atoms with Crippen LogP contribution >= 0.6 is 0 Å². The lowest BCUT2D eigenvalue weighted by atomic mass is 9.87. The third-order valence-corrected chi connectivity index (χ3v) is 3.84. The molecule has 0 radical (unpaired) electrons. The summed E-state index contributed by atoms with van der Waals surface area (Å²) in [5, 5.41) is 8.86. The Labute approximate surface area is 105 Å². The van der Waals surface area contributed by atoms with Gasteiger partial charge in [-0.25, -0.2) is 0 Å². The molecule has 1 amide bonds. The van der Waals surface area contributed by atoms with Gasteiger partial charge >= 0.3 is 0 Å². The van der Waals surface area contributed by atoms with Crippen molar-refractivity contribution in [3.8, 4) is 6.07 Å². The maximum absolute atomic E-state index is 11.9. The van der Waals surface area contributed by atoms with Crippen LogP contribution in [0.3, 0.4) is 0 Å². The topological polar surface area (TPSA) is 44.1 Å². The van der Waals surface area contributed by atoms with Crippen molar-refractivity contribution in [1.29, 1.82) is 5.26 Å². The zero-order chi connectivity index (χ0) is 12.7. The Morgan fingerprint density at radius 2 is 2.06 bits per heavy atom. The highest BCUT2D eigenvalue weighted by Crippen LogP contribution is 2.26. The Hall–Kier alpha value is -1.04. The molecule has 0 aromatic carbocycles. The number of carbonyl (C=O) groups is 1. The van der Waals surface area contributed by atoms with Crippen LogP contribution in [0.15, 0.2) is 0 Å². The van der Waals surface area contributed by atoms with Gasteiger partial charge in [-0.1, -0.05) is 39.0 Å². The third-order valence-electron chi connectivity index (χ3n) is 3.84. The second kappa shape index (κ2) is 7.32. The van der Waals surface area contributed by atoms with Gasteiger partial charge < -0.3 is 4.90 Å². The molecule has 0 N–H and O–H groups in total. The predicted molar refractivity (Wildman–Crippen MR) is 68.2 cm³/mol. The van der Waals surface area contributed by atoms with Gasteiger partial charge in [0.1, 0.15) is 5.92 Å². The van der Waals surface area contributed by atoms with Crippen LogP contribution in [0.1, 0.15) is 51.9 Å². The van der Waals surface area contributed by atoms with Crippen molar-refractivity contribution in [2.24, 2.45) is 11.8 Å². The van der Waals surface area contributed by atoms with Gasteiger partial charge in [-0.3, -0.25) is 4.79 Å². The van der Waals surface area contributed by atoms with Gasteiger partial charge in [-0.05, 0) is 18.8 Å². The molecule has 0 spiro atoms. The van der Waals surface area contributed by atoms with Crippen LogP contribution < -0.4 is 0 Å². The van der Waals surface area contributed by atoms with E-state index in [4.69, 9.17) is 5.26 Å². The van der Waals surface area contributed by atoms with Crippen LogP contribution in [0.5, 0.6) is 0 Å². The first-order chi connectivity index (χ1) is 8.19. The molecule has 0 aliphatic heterocycles. The van der Waals surface area contributed by atoms with E-state index in [0.717, 1.165) is 18.9 Å². The van der Waals surface area contributed by atoms with Gasteiger partial charge in [0, 0.05) is 13.6 Å².